The summed E-state index contributed by atoms with van der Waals surface area (Å²) in [5, 5.41) is 3.52. The summed E-state index contributed by atoms with van der Waals surface area (Å²) in [7, 11) is 1.25. The fourth-order valence-electron chi connectivity index (χ4n) is 1.30. The average molecular weight is 257 g/mol. The smallest absolute Gasteiger partial charge is 0.350 e. The predicted octanol–water partition coefficient (Wildman–Crippen LogP) is 1.04. The highest BCUT2D eigenvalue weighted by molar-refractivity contribution is 7.19. The Morgan fingerprint density at radius 2 is 2.00 bits per heavy atom. The molecule has 1 aromatic rings. The summed E-state index contributed by atoms with van der Waals surface area (Å²) in [6.07, 6.45) is 0. The number of anilines is 2. The van der Waals surface area contributed by atoms with E-state index < -0.39 is 11.9 Å². The first-order valence-electron chi connectivity index (χ1n) is 4.95. The summed E-state index contributed by atoms with van der Waals surface area (Å²) in [5.74, 6) is -1.25. The van der Waals surface area contributed by atoms with Crippen molar-refractivity contribution in [3.63, 3.8) is 0 Å². The predicted molar refractivity (Wildman–Crippen MR) is 67.3 cm³/mol. The van der Waals surface area contributed by atoms with Gasteiger partial charge in [0.2, 0.25) is 0 Å². The molecular weight excluding hydrogens is 242 g/mol. The number of thiophene rings is 1. The van der Waals surface area contributed by atoms with Gasteiger partial charge in [-0.2, -0.15) is 0 Å². The highest BCUT2D eigenvalue weighted by atomic mass is 32.1. The minimum atomic E-state index is -0.669. The van der Waals surface area contributed by atoms with Gasteiger partial charge < -0.3 is 21.5 Å². The van der Waals surface area contributed by atoms with Gasteiger partial charge in [-0.3, -0.25) is 4.79 Å². The summed E-state index contributed by atoms with van der Waals surface area (Å²) >= 11 is 1.06. The Morgan fingerprint density at radius 1 is 1.41 bits per heavy atom. The Morgan fingerprint density at radius 3 is 2.41 bits per heavy atom. The van der Waals surface area contributed by atoms with E-state index in [-0.39, 0.29) is 22.2 Å². The van der Waals surface area contributed by atoms with Crippen molar-refractivity contribution in [3.8, 4) is 0 Å². The van der Waals surface area contributed by atoms with E-state index in [2.05, 4.69) is 10.1 Å². The lowest BCUT2D eigenvalue weighted by molar-refractivity contribution is 0.0607. The first-order valence-corrected chi connectivity index (χ1v) is 5.77. The van der Waals surface area contributed by atoms with Gasteiger partial charge in [0, 0.05) is 6.04 Å². The van der Waals surface area contributed by atoms with Gasteiger partial charge in [-0.1, -0.05) is 0 Å². The Hall–Kier alpha value is -1.76. The molecular formula is C10H15N3O3S. The average Bonchev–Trinajstić information content (AvgIpc) is 2.53. The molecule has 94 valence electrons. The van der Waals surface area contributed by atoms with Crippen LogP contribution in [0.4, 0.5) is 10.7 Å². The largest absolute Gasteiger partial charge is 0.465 e. The van der Waals surface area contributed by atoms with Gasteiger partial charge in [0.05, 0.1) is 18.4 Å². The van der Waals surface area contributed by atoms with Crippen molar-refractivity contribution in [3.05, 3.63) is 10.4 Å². The number of amides is 1. The molecule has 0 atom stereocenters. The standard InChI is InChI=1S/C10H15N3O3S/c1-4(2)13-9-5(8(12)14)6(11)7(17-9)10(15)16-3/h4,13H,11H2,1-3H3,(H2,12,14). The maximum Gasteiger partial charge on any atom is 0.350 e. The fraction of sp³-hybridized carbons (Fsp3) is 0.400. The maximum atomic E-state index is 11.4. The van der Waals surface area contributed by atoms with E-state index in [1.807, 2.05) is 13.8 Å². The Bertz CT molecular complexity index is 454. The van der Waals surface area contributed by atoms with Crippen LogP contribution in [0.5, 0.6) is 0 Å². The zero-order valence-corrected chi connectivity index (χ0v) is 10.7. The third-order valence-corrected chi connectivity index (χ3v) is 3.10. The molecule has 0 bridgehead atoms. The fourth-order valence-corrected chi connectivity index (χ4v) is 2.49. The number of nitrogens with two attached hydrogens (primary N) is 2. The van der Waals surface area contributed by atoms with Crippen LogP contribution in [0.25, 0.3) is 0 Å². The molecule has 5 N–H and O–H groups in total. The van der Waals surface area contributed by atoms with Gasteiger partial charge in [0.25, 0.3) is 5.91 Å². The molecule has 0 aliphatic heterocycles. The molecule has 0 aliphatic carbocycles. The highest BCUT2D eigenvalue weighted by Gasteiger charge is 2.24. The van der Waals surface area contributed by atoms with Crippen molar-refractivity contribution >= 4 is 33.9 Å². The third-order valence-electron chi connectivity index (χ3n) is 1.98. The van der Waals surface area contributed by atoms with Gasteiger partial charge >= 0.3 is 5.97 Å². The quantitative estimate of drug-likeness (QED) is 0.698. The number of hydrogen-bond acceptors (Lipinski definition) is 6. The van der Waals surface area contributed by atoms with Crippen molar-refractivity contribution in [2.24, 2.45) is 5.73 Å². The van der Waals surface area contributed by atoms with Crippen molar-refractivity contribution in [2.75, 3.05) is 18.2 Å². The van der Waals surface area contributed by atoms with Crippen LogP contribution >= 0.6 is 11.3 Å². The summed E-state index contributed by atoms with van der Waals surface area (Å²) < 4.78 is 4.58. The number of ether oxygens (including phenoxy) is 1. The Kier molecular flexibility index (Phi) is 3.95. The Labute approximate surface area is 103 Å². The molecule has 0 fully saturated rings. The van der Waals surface area contributed by atoms with E-state index in [1.165, 1.54) is 7.11 Å². The van der Waals surface area contributed by atoms with Crippen LogP contribution in [0.1, 0.15) is 33.9 Å². The van der Waals surface area contributed by atoms with E-state index in [9.17, 15) is 9.59 Å². The Balaban J connectivity index is 3.29. The number of carbonyl (C=O) groups excluding carboxylic acids is 2. The summed E-state index contributed by atoms with van der Waals surface area (Å²) in [6.45, 7) is 3.80. The lowest BCUT2D eigenvalue weighted by atomic mass is 10.2. The second-order valence-corrected chi connectivity index (χ2v) is 4.72. The number of esters is 1. The van der Waals surface area contributed by atoms with Crippen LogP contribution in [-0.2, 0) is 4.74 Å². The molecule has 0 saturated carbocycles. The molecule has 0 aromatic carbocycles. The van der Waals surface area contributed by atoms with Crippen LogP contribution in [0.15, 0.2) is 0 Å². The number of methoxy groups -OCH3 is 1. The molecule has 0 unspecified atom stereocenters. The summed E-state index contributed by atoms with van der Waals surface area (Å²) in [6, 6.07) is 0.0941. The zero-order valence-electron chi connectivity index (χ0n) is 9.87. The van der Waals surface area contributed by atoms with Crippen LogP contribution in [0.2, 0.25) is 0 Å². The third kappa shape index (κ3) is 2.68. The van der Waals surface area contributed by atoms with Crippen molar-refractivity contribution in [1.82, 2.24) is 0 Å². The first-order chi connectivity index (χ1) is 7.88. The molecule has 0 radical (unpaired) electrons. The molecule has 0 spiro atoms. The second kappa shape index (κ2) is 5.05. The summed E-state index contributed by atoms with van der Waals surface area (Å²) in [4.78, 5) is 22.9. The van der Waals surface area contributed by atoms with E-state index >= 15 is 0 Å². The topological polar surface area (TPSA) is 107 Å². The van der Waals surface area contributed by atoms with Gasteiger partial charge in [-0.05, 0) is 13.8 Å². The molecule has 1 amide bonds. The number of rotatable bonds is 4. The van der Waals surface area contributed by atoms with Gasteiger partial charge in [-0.15, -0.1) is 11.3 Å². The van der Waals surface area contributed by atoms with Crippen LogP contribution in [-0.4, -0.2) is 25.0 Å². The molecule has 1 rings (SSSR count). The zero-order chi connectivity index (χ0) is 13.2. The monoisotopic (exact) mass is 257 g/mol. The molecule has 1 aromatic heterocycles. The minimum absolute atomic E-state index is 0.0671. The molecule has 0 saturated heterocycles. The maximum absolute atomic E-state index is 11.4. The van der Waals surface area contributed by atoms with Crippen LogP contribution < -0.4 is 16.8 Å². The number of primary amides is 1. The SMILES string of the molecule is COC(=O)c1sc(NC(C)C)c(C(N)=O)c1N. The van der Waals surface area contributed by atoms with Crippen LogP contribution in [0, 0.1) is 0 Å². The van der Waals surface area contributed by atoms with Crippen molar-refractivity contribution in [2.45, 2.75) is 19.9 Å². The van der Waals surface area contributed by atoms with Gasteiger partial charge in [0.15, 0.2) is 0 Å². The number of nitrogen functional groups attached to an aromatic ring is 1. The van der Waals surface area contributed by atoms with Crippen molar-refractivity contribution < 1.29 is 14.3 Å². The van der Waals surface area contributed by atoms with Crippen LogP contribution in [0.3, 0.4) is 0 Å². The van der Waals surface area contributed by atoms with E-state index in [0.717, 1.165) is 11.3 Å². The molecule has 1 heterocycles. The van der Waals surface area contributed by atoms with Gasteiger partial charge in [0.1, 0.15) is 9.88 Å². The minimum Gasteiger partial charge on any atom is -0.465 e. The van der Waals surface area contributed by atoms with E-state index in [1.54, 1.807) is 0 Å². The second-order valence-electron chi connectivity index (χ2n) is 3.70. The van der Waals surface area contributed by atoms with Gasteiger partial charge in [-0.25, -0.2) is 4.79 Å². The number of hydrogen-bond donors (Lipinski definition) is 3. The number of nitrogens with one attached hydrogen (secondary N) is 1. The molecule has 17 heavy (non-hydrogen) atoms. The lowest BCUT2D eigenvalue weighted by Crippen LogP contribution is -2.17. The van der Waals surface area contributed by atoms with E-state index in [4.69, 9.17) is 11.5 Å². The molecule has 7 heteroatoms. The van der Waals surface area contributed by atoms with Crippen molar-refractivity contribution in [1.29, 1.82) is 0 Å². The number of carbonyl (C=O) groups is 2. The lowest BCUT2D eigenvalue weighted by Gasteiger charge is -2.08. The summed E-state index contributed by atoms with van der Waals surface area (Å²) in [5.41, 5.74) is 11.2. The molecule has 6 nitrogen and oxygen atoms in total. The normalized spacial score (nSPS) is 10.4. The molecule has 0 aliphatic rings. The first kappa shape index (κ1) is 13.3. The van der Waals surface area contributed by atoms with E-state index in [0.29, 0.717) is 5.00 Å². The highest BCUT2D eigenvalue weighted by Crippen LogP contribution is 2.36.